The first-order chi connectivity index (χ1) is 12.2. The summed E-state index contributed by atoms with van der Waals surface area (Å²) in [5.74, 6) is 1.54. The molecule has 5 heteroatoms. The van der Waals surface area contributed by atoms with Gasteiger partial charge in [-0.25, -0.2) is 0 Å². The Morgan fingerprint density at radius 2 is 2.08 bits per heavy atom. The molecule has 0 bridgehead atoms. The van der Waals surface area contributed by atoms with Gasteiger partial charge in [-0.3, -0.25) is 4.90 Å². The van der Waals surface area contributed by atoms with E-state index in [0.717, 1.165) is 51.7 Å². The van der Waals surface area contributed by atoms with Crippen molar-refractivity contribution in [3.63, 3.8) is 0 Å². The summed E-state index contributed by atoms with van der Waals surface area (Å²) in [6.45, 7) is 10.3. The van der Waals surface area contributed by atoms with Crippen LogP contribution in [0.4, 0.5) is 0 Å². The summed E-state index contributed by atoms with van der Waals surface area (Å²) < 4.78 is 11.2. The van der Waals surface area contributed by atoms with Gasteiger partial charge in [0.2, 0.25) is 0 Å². The number of aryl methyl sites for hydroxylation is 1. The molecule has 25 heavy (non-hydrogen) atoms. The maximum Gasteiger partial charge on any atom is 0.119 e. The third-order valence-corrected chi connectivity index (χ3v) is 5.12. The van der Waals surface area contributed by atoms with Crippen molar-refractivity contribution in [3.8, 4) is 5.75 Å². The van der Waals surface area contributed by atoms with Crippen molar-refractivity contribution in [1.82, 2.24) is 9.80 Å². The van der Waals surface area contributed by atoms with Crippen LogP contribution in [0.3, 0.4) is 0 Å². The molecule has 0 amide bonds. The number of nitrogens with zero attached hydrogens (tertiary/aromatic N) is 2. The quantitative estimate of drug-likeness (QED) is 0.814. The molecule has 2 heterocycles. The number of likely N-dealkylation sites (tertiary alicyclic amines) is 1. The largest absolute Gasteiger partial charge is 0.491 e. The molecule has 1 N–H and O–H groups in total. The van der Waals surface area contributed by atoms with Gasteiger partial charge in [0, 0.05) is 32.7 Å². The van der Waals surface area contributed by atoms with Gasteiger partial charge in [-0.05, 0) is 49.9 Å². The highest BCUT2D eigenvalue weighted by Gasteiger charge is 2.24. The Morgan fingerprint density at radius 1 is 1.24 bits per heavy atom. The van der Waals surface area contributed by atoms with Gasteiger partial charge in [-0.1, -0.05) is 12.1 Å². The molecule has 1 aromatic rings. The second-order valence-corrected chi connectivity index (χ2v) is 7.46. The summed E-state index contributed by atoms with van der Waals surface area (Å²) in [4.78, 5) is 4.92. The van der Waals surface area contributed by atoms with E-state index in [4.69, 9.17) is 9.47 Å². The number of β-amino-alcohol motifs (C(OH)–C–C–N with tert-alkyl or cyclic N) is 1. The van der Waals surface area contributed by atoms with Gasteiger partial charge < -0.3 is 19.5 Å². The van der Waals surface area contributed by atoms with Crippen LogP contribution in [0.2, 0.25) is 0 Å². The van der Waals surface area contributed by atoms with Crippen molar-refractivity contribution in [2.75, 3.05) is 59.1 Å². The zero-order valence-electron chi connectivity index (χ0n) is 15.4. The fourth-order valence-electron chi connectivity index (χ4n) is 3.86. The van der Waals surface area contributed by atoms with E-state index >= 15 is 0 Å². The van der Waals surface area contributed by atoms with Crippen molar-refractivity contribution < 1.29 is 14.6 Å². The number of hydrogen-bond acceptors (Lipinski definition) is 5. The molecule has 2 unspecified atom stereocenters. The Balaban J connectivity index is 1.39. The highest BCUT2D eigenvalue weighted by molar-refractivity contribution is 5.27. The number of hydrogen-bond donors (Lipinski definition) is 1. The normalized spacial score (nSPS) is 24.2. The highest BCUT2D eigenvalue weighted by atomic mass is 16.5. The Bertz CT molecular complexity index is 519. The molecule has 2 aliphatic heterocycles. The SMILES string of the molecule is Cc1cccc(OCC(O)CN2CCCC(CN3CCOCC3)C2)c1. The minimum Gasteiger partial charge on any atom is -0.491 e. The number of aliphatic hydroxyl groups is 1. The first-order valence-corrected chi connectivity index (χ1v) is 9.59. The second kappa shape index (κ2) is 9.53. The lowest BCUT2D eigenvalue weighted by Crippen LogP contribution is -2.46. The average molecular weight is 348 g/mol. The van der Waals surface area contributed by atoms with Crippen molar-refractivity contribution in [3.05, 3.63) is 29.8 Å². The number of benzene rings is 1. The molecule has 5 nitrogen and oxygen atoms in total. The third-order valence-electron chi connectivity index (χ3n) is 5.12. The number of morpholine rings is 1. The topological polar surface area (TPSA) is 45.2 Å². The van der Waals surface area contributed by atoms with Crippen LogP contribution in [-0.4, -0.2) is 80.1 Å². The minimum atomic E-state index is -0.442. The Morgan fingerprint density at radius 3 is 2.88 bits per heavy atom. The summed E-state index contributed by atoms with van der Waals surface area (Å²) in [6.07, 6.45) is 2.08. The van der Waals surface area contributed by atoms with Gasteiger partial charge in [0.15, 0.2) is 0 Å². The molecular weight excluding hydrogens is 316 g/mol. The zero-order valence-corrected chi connectivity index (χ0v) is 15.4. The van der Waals surface area contributed by atoms with E-state index in [1.807, 2.05) is 31.2 Å². The van der Waals surface area contributed by atoms with Crippen molar-refractivity contribution in [2.24, 2.45) is 5.92 Å². The van der Waals surface area contributed by atoms with E-state index in [9.17, 15) is 5.11 Å². The van der Waals surface area contributed by atoms with Gasteiger partial charge >= 0.3 is 0 Å². The summed E-state index contributed by atoms with van der Waals surface area (Å²) in [7, 11) is 0. The summed E-state index contributed by atoms with van der Waals surface area (Å²) in [6, 6.07) is 7.98. The van der Waals surface area contributed by atoms with Gasteiger partial charge in [-0.15, -0.1) is 0 Å². The van der Waals surface area contributed by atoms with Crippen LogP contribution in [0.1, 0.15) is 18.4 Å². The molecule has 3 rings (SSSR count). The van der Waals surface area contributed by atoms with E-state index in [1.54, 1.807) is 0 Å². The lowest BCUT2D eigenvalue weighted by molar-refractivity contribution is 0.0153. The van der Waals surface area contributed by atoms with Gasteiger partial charge in [0.1, 0.15) is 18.5 Å². The van der Waals surface area contributed by atoms with E-state index in [0.29, 0.717) is 19.1 Å². The van der Waals surface area contributed by atoms with E-state index in [1.165, 1.54) is 18.4 Å². The number of piperidine rings is 1. The molecule has 0 spiro atoms. The monoisotopic (exact) mass is 348 g/mol. The fourth-order valence-corrected chi connectivity index (χ4v) is 3.86. The number of rotatable bonds is 7. The smallest absolute Gasteiger partial charge is 0.119 e. The first-order valence-electron chi connectivity index (χ1n) is 9.59. The molecule has 2 fully saturated rings. The maximum absolute atomic E-state index is 10.3. The predicted molar refractivity (Wildman–Crippen MR) is 99.1 cm³/mol. The second-order valence-electron chi connectivity index (χ2n) is 7.46. The minimum absolute atomic E-state index is 0.355. The lowest BCUT2D eigenvalue weighted by Gasteiger charge is -2.37. The van der Waals surface area contributed by atoms with Gasteiger partial charge in [0.05, 0.1) is 13.2 Å². The lowest BCUT2D eigenvalue weighted by atomic mass is 9.97. The molecular formula is C20H32N2O3. The molecule has 140 valence electrons. The summed E-state index contributed by atoms with van der Waals surface area (Å²) in [5.41, 5.74) is 1.17. The number of aliphatic hydroxyl groups excluding tert-OH is 1. The Labute approximate surface area is 151 Å². The molecule has 1 aromatic carbocycles. The molecule has 0 radical (unpaired) electrons. The molecule has 0 saturated carbocycles. The van der Waals surface area contributed by atoms with Crippen molar-refractivity contribution in [2.45, 2.75) is 25.9 Å². The van der Waals surface area contributed by atoms with Crippen LogP contribution in [0.25, 0.3) is 0 Å². The van der Waals surface area contributed by atoms with Crippen molar-refractivity contribution >= 4 is 0 Å². The molecule has 2 aliphatic rings. The van der Waals surface area contributed by atoms with Crippen LogP contribution in [-0.2, 0) is 4.74 Å². The Kier molecular flexibility index (Phi) is 7.11. The maximum atomic E-state index is 10.3. The number of ether oxygens (including phenoxy) is 2. The average Bonchev–Trinajstić information content (AvgIpc) is 2.61. The van der Waals surface area contributed by atoms with E-state index in [2.05, 4.69) is 9.80 Å². The highest BCUT2D eigenvalue weighted by Crippen LogP contribution is 2.19. The van der Waals surface area contributed by atoms with Crippen LogP contribution in [0.5, 0.6) is 5.75 Å². The standard InChI is InChI=1S/C20H32N2O3/c1-17-4-2-6-20(12-17)25-16-19(23)15-22-7-3-5-18(14-22)13-21-8-10-24-11-9-21/h2,4,6,12,18-19,23H,3,5,7-11,13-16H2,1H3. The molecule has 0 aliphatic carbocycles. The summed E-state index contributed by atoms with van der Waals surface area (Å²) in [5, 5.41) is 10.3. The predicted octanol–water partition coefficient (Wildman–Crippen LogP) is 1.78. The Hall–Kier alpha value is -1.14. The van der Waals surface area contributed by atoms with E-state index in [-0.39, 0.29) is 0 Å². The molecule has 2 atom stereocenters. The van der Waals surface area contributed by atoms with Gasteiger partial charge in [0.25, 0.3) is 0 Å². The van der Waals surface area contributed by atoms with Crippen LogP contribution >= 0.6 is 0 Å². The molecule has 0 aromatic heterocycles. The fraction of sp³-hybridized carbons (Fsp3) is 0.700. The van der Waals surface area contributed by atoms with Gasteiger partial charge in [-0.2, -0.15) is 0 Å². The van der Waals surface area contributed by atoms with E-state index < -0.39 is 6.10 Å². The zero-order chi connectivity index (χ0) is 17.5. The molecule has 2 saturated heterocycles. The summed E-state index contributed by atoms with van der Waals surface area (Å²) >= 11 is 0. The first kappa shape index (κ1) is 18.6. The third kappa shape index (κ3) is 6.26. The van der Waals surface area contributed by atoms with Crippen LogP contribution in [0.15, 0.2) is 24.3 Å². The van der Waals surface area contributed by atoms with Crippen LogP contribution < -0.4 is 4.74 Å². The van der Waals surface area contributed by atoms with Crippen molar-refractivity contribution in [1.29, 1.82) is 0 Å². The van der Waals surface area contributed by atoms with Crippen LogP contribution in [0, 0.1) is 12.8 Å².